The predicted octanol–water partition coefficient (Wildman–Crippen LogP) is 1.60. The minimum absolute atomic E-state index is 0.807. The first-order valence-electron chi connectivity index (χ1n) is 5.32. The van der Waals surface area contributed by atoms with Gasteiger partial charge in [-0.25, -0.2) is 0 Å². The molecule has 1 heterocycles. The van der Waals surface area contributed by atoms with Crippen LogP contribution >= 0.6 is 0 Å². The fourth-order valence-electron chi connectivity index (χ4n) is 2.07. The molecule has 2 nitrogen and oxygen atoms in total. The molecule has 1 aliphatic rings. The fraction of sp³-hybridized carbons (Fsp3) is 1.00. The van der Waals surface area contributed by atoms with Crippen molar-refractivity contribution in [3.63, 3.8) is 0 Å². The molecule has 1 unspecified atom stereocenters. The molecule has 2 heteroatoms. The number of nitrogens with zero attached hydrogens (tertiary/aromatic N) is 1. The Bertz CT molecular complexity index is 114. The SMILES string of the molecule is CCCCN1CCCC1CCN. The van der Waals surface area contributed by atoms with E-state index in [1.807, 2.05) is 0 Å². The lowest BCUT2D eigenvalue weighted by molar-refractivity contribution is 0.241. The van der Waals surface area contributed by atoms with Gasteiger partial charge in [-0.2, -0.15) is 0 Å². The van der Waals surface area contributed by atoms with E-state index in [9.17, 15) is 0 Å². The zero-order valence-electron chi connectivity index (χ0n) is 8.26. The lowest BCUT2D eigenvalue weighted by Crippen LogP contribution is -2.31. The molecule has 0 aromatic carbocycles. The third kappa shape index (κ3) is 2.76. The van der Waals surface area contributed by atoms with E-state index in [4.69, 9.17) is 5.73 Å². The first-order chi connectivity index (χ1) is 5.88. The predicted molar refractivity (Wildman–Crippen MR) is 53.2 cm³/mol. The van der Waals surface area contributed by atoms with Crippen molar-refractivity contribution < 1.29 is 0 Å². The van der Waals surface area contributed by atoms with Crippen LogP contribution in [0.5, 0.6) is 0 Å². The maximum Gasteiger partial charge on any atom is 0.0108 e. The zero-order valence-corrected chi connectivity index (χ0v) is 8.26. The van der Waals surface area contributed by atoms with E-state index in [2.05, 4.69) is 11.8 Å². The molecule has 12 heavy (non-hydrogen) atoms. The van der Waals surface area contributed by atoms with Crippen LogP contribution in [0.4, 0.5) is 0 Å². The summed E-state index contributed by atoms with van der Waals surface area (Å²) in [5.74, 6) is 0. The van der Waals surface area contributed by atoms with Crippen molar-refractivity contribution in [1.29, 1.82) is 0 Å². The monoisotopic (exact) mass is 170 g/mol. The van der Waals surface area contributed by atoms with Gasteiger partial charge in [0, 0.05) is 6.04 Å². The topological polar surface area (TPSA) is 29.3 Å². The Morgan fingerprint density at radius 1 is 1.50 bits per heavy atom. The highest BCUT2D eigenvalue weighted by molar-refractivity contribution is 4.78. The first-order valence-corrected chi connectivity index (χ1v) is 5.32. The van der Waals surface area contributed by atoms with Gasteiger partial charge in [-0.3, -0.25) is 0 Å². The first kappa shape index (κ1) is 10.0. The Labute approximate surface area is 76.1 Å². The second-order valence-corrected chi connectivity index (χ2v) is 3.76. The molecule has 1 aliphatic heterocycles. The average molecular weight is 170 g/mol. The molecule has 0 aromatic heterocycles. The molecule has 0 aliphatic carbocycles. The molecule has 0 radical (unpaired) electrons. The molecule has 0 saturated carbocycles. The highest BCUT2D eigenvalue weighted by Gasteiger charge is 2.22. The van der Waals surface area contributed by atoms with Gasteiger partial charge in [-0.1, -0.05) is 13.3 Å². The molecule has 1 fully saturated rings. The smallest absolute Gasteiger partial charge is 0.0108 e. The fourth-order valence-corrected chi connectivity index (χ4v) is 2.07. The third-order valence-corrected chi connectivity index (χ3v) is 2.80. The van der Waals surface area contributed by atoms with Crippen LogP contribution in [0.25, 0.3) is 0 Å². The Balaban J connectivity index is 2.20. The molecule has 72 valence electrons. The minimum atomic E-state index is 0.807. The summed E-state index contributed by atoms with van der Waals surface area (Å²) in [6.07, 6.45) is 6.62. The minimum Gasteiger partial charge on any atom is -0.330 e. The maximum atomic E-state index is 5.57. The van der Waals surface area contributed by atoms with Crippen LogP contribution in [-0.2, 0) is 0 Å². The van der Waals surface area contributed by atoms with Gasteiger partial charge in [0.2, 0.25) is 0 Å². The summed E-state index contributed by atoms with van der Waals surface area (Å²) in [6.45, 7) is 5.72. The summed E-state index contributed by atoms with van der Waals surface area (Å²) in [5, 5.41) is 0. The van der Waals surface area contributed by atoms with Gasteiger partial charge in [-0.15, -0.1) is 0 Å². The number of nitrogens with two attached hydrogens (primary N) is 1. The molecule has 1 atom stereocenters. The summed E-state index contributed by atoms with van der Waals surface area (Å²) in [7, 11) is 0. The van der Waals surface area contributed by atoms with Crippen molar-refractivity contribution in [2.24, 2.45) is 5.73 Å². The van der Waals surface area contributed by atoms with E-state index in [0.29, 0.717) is 0 Å². The summed E-state index contributed by atoms with van der Waals surface area (Å²) in [6, 6.07) is 0.807. The number of hydrogen-bond donors (Lipinski definition) is 1. The Morgan fingerprint density at radius 3 is 3.00 bits per heavy atom. The van der Waals surface area contributed by atoms with Crippen LogP contribution < -0.4 is 5.73 Å². The van der Waals surface area contributed by atoms with Gasteiger partial charge in [0.25, 0.3) is 0 Å². The standard InChI is InChI=1S/C10H22N2/c1-2-3-8-12-9-4-5-10(12)6-7-11/h10H,2-9,11H2,1H3. The van der Waals surface area contributed by atoms with Crippen LogP contribution in [-0.4, -0.2) is 30.6 Å². The van der Waals surface area contributed by atoms with Crippen LogP contribution in [0.3, 0.4) is 0 Å². The number of rotatable bonds is 5. The summed E-state index contributed by atoms with van der Waals surface area (Å²) in [5.41, 5.74) is 5.57. The highest BCUT2D eigenvalue weighted by atomic mass is 15.2. The van der Waals surface area contributed by atoms with E-state index in [1.165, 1.54) is 45.2 Å². The lowest BCUT2D eigenvalue weighted by atomic mass is 10.1. The Hall–Kier alpha value is -0.0800. The van der Waals surface area contributed by atoms with Gasteiger partial charge >= 0.3 is 0 Å². The zero-order chi connectivity index (χ0) is 8.81. The second kappa shape index (κ2) is 5.55. The Kier molecular flexibility index (Phi) is 4.62. The van der Waals surface area contributed by atoms with E-state index < -0.39 is 0 Å². The number of hydrogen-bond acceptors (Lipinski definition) is 2. The van der Waals surface area contributed by atoms with Crippen LogP contribution in [0.1, 0.15) is 39.0 Å². The molecular weight excluding hydrogens is 148 g/mol. The largest absolute Gasteiger partial charge is 0.330 e. The second-order valence-electron chi connectivity index (χ2n) is 3.76. The molecule has 1 rings (SSSR count). The number of likely N-dealkylation sites (tertiary alicyclic amines) is 1. The molecule has 2 N–H and O–H groups in total. The lowest BCUT2D eigenvalue weighted by Gasteiger charge is -2.23. The molecular formula is C10H22N2. The Morgan fingerprint density at radius 2 is 2.33 bits per heavy atom. The van der Waals surface area contributed by atoms with E-state index in [-0.39, 0.29) is 0 Å². The quantitative estimate of drug-likeness (QED) is 0.679. The van der Waals surface area contributed by atoms with Crippen LogP contribution in [0.15, 0.2) is 0 Å². The average Bonchev–Trinajstić information content (AvgIpc) is 2.50. The van der Waals surface area contributed by atoms with Crippen molar-refractivity contribution in [2.75, 3.05) is 19.6 Å². The molecule has 0 spiro atoms. The van der Waals surface area contributed by atoms with Crippen molar-refractivity contribution in [3.05, 3.63) is 0 Å². The van der Waals surface area contributed by atoms with Gasteiger partial charge < -0.3 is 10.6 Å². The van der Waals surface area contributed by atoms with Gasteiger partial charge in [0.15, 0.2) is 0 Å². The van der Waals surface area contributed by atoms with Gasteiger partial charge in [0.1, 0.15) is 0 Å². The van der Waals surface area contributed by atoms with Crippen molar-refractivity contribution in [2.45, 2.75) is 45.1 Å². The van der Waals surface area contributed by atoms with Crippen LogP contribution in [0.2, 0.25) is 0 Å². The van der Waals surface area contributed by atoms with Crippen molar-refractivity contribution in [3.8, 4) is 0 Å². The van der Waals surface area contributed by atoms with Crippen molar-refractivity contribution >= 4 is 0 Å². The van der Waals surface area contributed by atoms with E-state index in [1.54, 1.807) is 0 Å². The van der Waals surface area contributed by atoms with Gasteiger partial charge in [0.05, 0.1) is 0 Å². The molecule has 0 aromatic rings. The maximum absolute atomic E-state index is 5.57. The van der Waals surface area contributed by atoms with E-state index >= 15 is 0 Å². The molecule has 0 bridgehead atoms. The molecule has 0 amide bonds. The third-order valence-electron chi connectivity index (χ3n) is 2.80. The summed E-state index contributed by atoms with van der Waals surface area (Å²) >= 11 is 0. The van der Waals surface area contributed by atoms with Crippen molar-refractivity contribution in [1.82, 2.24) is 4.90 Å². The number of unbranched alkanes of at least 4 members (excludes halogenated alkanes) is 1. The molecule has 1 saturated heterocycles. The summed E-state index contributed by atoms with van der Waals surface area (Å²) < 4.78 is 0. The van der Waals surface area contributed by atoms with Crippen LogP contribution in [0, 0.1) is 0 Å². The highest BCUT2D eigenvalue weighted by Crippen LogP contribution is 2.19. The summed E-state index contributed by atoms with van der Waals surface area (Å²) in [4.78, 5) is 2.62. The van der Waals surface area contributed by atoms with E-state index in [0.717, 1.165) is 12.6 Å². The van der Waals surface area contributed by atoms with Gasteiger partial charge in [-0.05, 0) is 45.3 Å². The normalized spacial score (nSPS) is 25.0.